The van der Waals surface area contributed by atoms with Gasteiger partial charge in [0.1, 0.15) is 0 Å². The molecule has 23 heavy (non-hydrogen) atoms. The summed E-state index contributed by atoms with van der Waals surface area (Å²) in [7, 11) is 0. The van der Waals surface area contributed by atoms with Crippen molar-refractivity contribution in [3.05, 3.63) is 24.1 Å². The summed E-state index contributed by atoms with van der Waals surface area (Å²) in [6, 6.07) is 0. The van der Waals surface area contributed by atoms with Gasteiger partial charge in [0.2, 0.25) is 0 Å². The van der Waals surface area contributed by atoms with Crippen molar-refractivity contribution in [3.8, 4) is 0 Å². The molecule has 2 saturated heterocycles. The highest BCUT2D eigenvalue weighted by Gasteiger charge is 2.36. The Hall–Kier alpha value is -0.750. The third-order valence-electron chi connectivity index (χ3n) is 4.71. The van der Waals surface area contributed by atoms with Gasteiger partial charge >= 0.3 is 0 Å². The quantitative estimate of drug-likeness (QED) is 0.740. The van der Waals surface area contributed by atoms with Crippen LogP contribution in [0.1, 0.15) is 32.6 Å². The van der Waals surface area contributed by atoms with E-state index in [0.717, 1.165) is 12.8 Å². The Bertz CT molecular complexity index is 421. The molecule has 3 aliphatic rings. The molecule has 2 fully saturated rings. The van der Waals surface area contributed by atoms with Gasteiger partial charge in [-0.3, -0.25) is 0 Å². The number of halogens is 1. The van der Waals surface area contributed by atoms with Crippen LogP contribution in [0, 0.1) is 17.8 Å². The fourth-order valence-electron chi connectivity index (χ4n) is 3.28. The van der Waals surface area contributed by atoms with Crippen LogP contribution in [0.25, 0.3) is 0 Å². The van der Waals surface area contributed by atoms with Gasteiger partial charge in [0.15, 0.2) is 12.6 Å². The molecule has 0 aromatic carbocycles. The Kier molecular flexibility index (Phi) is 6.22. The van der Waals surface area contributed by atoms with Gasteiger partial charge in [-0.15, -0.1) is 0 Å². The third-order valence-corrected chi connectivity index (χ3v) is 4.71. The third kappa shape index (κ3) is 4.63. The molecule has 0 radical (unpaired) electrons. The first kappa shape index (κ1) is 17.1. The zero-order valence-corrected chi connectivity index (χ0v) is 13.8. The molecule has 0 spiro atoms. The Balaban J connectivity index is 1.40. The molecule has 0 bridgehead atoms. The second-order valence-electron chi connectivity index (χ2n) is 6.61. The fourth-order valence-corrected chi connectivity index (χ4v) is 3.28. The highest BCUT2D eigenvalue weighted by Crippen LogP contribution is 2.32. The van der Waals surface area contributed by atoms with Crippen LogP contribution < -0.4 is 0 Å². The van der Waals surface area contributed by atoms with Crippen LogP contribution >= 0.6 is 0 Å². The van der Waals surface area contributed by atoms with Crippen molar-refractivity contribution in [1.29, 1.82) is 0 Å². The van der Waals surface area contributed by atoms with E-state index in [0.29, 0.717) is 45.2 Å². The molecule has 0 N–H and O–H groups in total. The zero-order chi connectivity index (χ0) is 16.1. The summed E-state index contributed by atoms with van der Waals surface area (Å²) in [6.07, 6.45) is 8.52. The average molecular weight is 326 g/mol. The minimum atomic E-state index is -0.245. The molecule has 4 nitrogen and oxygen atoms in total. The van der Waals surface area contributed by atoms with E-state index in [1.54, 1.807) is 6.08 Å². The van der Waals surface area contributed by atoms with Crippen LogP contribution in [0.2, 0.25) is 0 Å². The van der Waals surface area contributed by atoms with Gasteiger partial charge in [0.25, 0.3) is 0 Å². The van der Waals surface area contributed by atoms with E-state index < -0.39 is 0 Å². The van der Waals surface area contributed by atoms with Crippen LogP contribution in [0.5, 0.6) is 0 Å². The number of ether oxygens (including phenoxy) is 4. The van der Waals surface area contributed by atoms with E-state index in [4.69, 9.17) is 18.9 Å². The molecule has 1 atom stereocenters. The van der Waals surface area contributed by atoms with E-state index in [9.17, 15) is 4.39 Å². The molecular weight excluding hydrogens is 299 g/mol. The minimum Gasteiger partial charge on any atom is -0.352 e. The van der Waals surface area contributed by atoms with Crippen LogP contribution in [0.3, 0.4) is 0 Å². The summed E-state index contributed by atoms with van der Waals surface area (Å²) in [5, 5.41) is 0. The summed E-state index contributed by atoms with van der Waals surface area (Å²) < 4.78 is 36.5. The SMILES string of the molecule is CCC=CC1COC(C2COC(C3CC=C(F)CC3)OC2)OC1. The molecule has 5 heteroatoms. The van der Waals surface area contributed by atoms with Crippen molar-refractivity contribution < 1.29 is 23.3 Å². The zero-order valence-electron chi connectivity index (χ0n) is 13.8. The Morgan fingerprint density at radius 1 is 1.04 bits per heavy atom. The van der Waals surface area contributed by atoms with E-state index in [2.05, 4.69) is 19.1 Å². The molecule has 0 amide bonds. The minimum absolute atomic E-state index is 0.00869. The first-order valence-corrected chi connectivity index (χ1v) is 8.74. The highest BCUT2D eigenvalue weighted by atomic mass is 19.1. The summed E-state index contributed by atoms with van der Waals surface area (Å²) in [5.74, 6) is 0.698. The predicted octanol–water partition coefficient (Wildman–Crippen LogP) is 3.58. The second kappa shape index (κ2) is 8.38. The van der Waals surface area contributed by atoms with Crippen LogP contribution in [-0.4, -0.2) is 39.0 Å². The van der Waals surface area contributed by atoms with Crippen molar-refractivity contribution in [2.24, 2.45) is 17.8 Å². The molecule has 3 rings (SSSR count). The number of hydrogen-bond acceptors (Lipinski definition) is 4. The summed E-state index contributed by atoms with van der Waals surface area (Å²) in [4.78, 5) is 0. The Morgan fingerprint density at radius 3 is 2.30 bits per heavy atom. The first-order chi connectivity index (χ1) is 11.3. The maximum Gasteiger partial charge on any atom is 0.164 e. The molecule has 2 heterocycles. The van der Waals surface area contributed by atoms with Crippen LogP contribution in [0.4, 0.5) is 4.39 Å². The van der Waals surface area contributed by atoms with E-state index in [1.165, 1.54) is 0 Å². The fraction of sp³-hybridized carbons (Fsp3) is 0.778. The van der Waals surface area contributed by atoms with E-state index >= 15 is 0 Å². The van der Waals surface area contributed by atoms with Crippen molar-refractivity contribution in [2.45, 2.75) is 45.2 Å². The largest absolute Gasteiger partial charge is 0.352 e. The molecule has 1 unspecified atom stereocenters. The average Bonchev–Trinajstić information content (AvgIpc) is 2.61. The van der Waals surface area contributed by atoms with Crippen molar-refractivity contribution in [2.75, 3.05) is 26.4 Å². The maximum absolute atomic E-state index is 13.1. The normalized spacial score (nSPS) is 39.4. The lowest BCUT2D eigenvalue weighted by Crippen LogP contribution is -2.46. The number of hydrogen-bond donors (Lipinski definition) is 0. The summed E-state index contributed by atoms with van der Waals surface area (Å²) in [5.41, 5.74) is 0. The Labute approximate surface area is 137 Å². The van der Waals surface area contributed by atoms with Crippen molar-refractivity contribution in [3.63, 3.8) is 0 Å². The molecule has 1 aliphatic carbocycles. The maximum atomic E-state index is 13.1. The van der Waals surface area contributed by atoms with Crippen LogP contribution in [0.15, 0.2) is 24.1 Å². The molecule has 2 aliphatic heterocycles. The predicted molar refractivity (Wildman–Crippen MR) is 84.3 cm³/mol. The lowest BCUT2D eigenvalue weighted by molar-refractivity contribution is -0.287. The van der Waals surface area contributed by atoms with Gasteiger partial charge in [0, 0.05) is 11.8 Å². The topological polar surface area (TPSA) is 36.9 Å². The molecule has 0 aromatic rings. The van der Waals surface area contributed by atoms with E-state index in [-0.39, 0.29) is 30.2 Å². The van der Waals surface area contributed by atoms with Crippen molar-refractivity contribution >= 4 is 0 Å². The van der Waals surface area contributed by atoms with E-state index in [1.807, 2.05) is 0 Å². The summed E-state index contributed by atoms with van der Waals surface area (Å²) in [6.45, 7) is 4.65. The van der Waals surface area contributed by atoms with Gasteiger partial charge in [-0.1, -0.05) is 25.2 Å². The van der Waals surface area contributed by atoms with Gasteiger partial charge in [-0.2, -0.15) is 0 Å². The highest BCUT2D eigenvalue weighted by molar-refractivity contribution is 4.98. The second-order valence-corrected chi connectivity index (χ2v) is 6.61. The Morgan fingerprint density at radius 2 is 1.70 bits per heavy atom. The lowest BCUT2D eigenvalue weighted by atomic mass is 9.92. The van der Waals surface area contributed by atoms with Crippen LogP contribution in [-0.2, 0) is 18.9 Å². The number of allylic oxidation sites excluding steroid dienone is 3. The molecular formula is C18H27FO4. The standard InChI is InChI=1S/C18H27FO4/c1-2-3-4-13-9-20-18(21-10-13)15-11-22-17(23-12-15)14-5-7-16(19)8-6-14/h3-4,7,13-15,17-18H,2,5-6,8-12H2,1H3. The van der Waals surface area contributed by atoms with Crippen molar-refractivity contribution in [1.82, 2.24) is 0 Å². The molecule has 0 saturated carbocycles. The van der Waals surface area contributed by atoms with Gasteiger partial charge in [-0.05, 0) is 25.7 Å². The van der Waals surface area contributed by atoms with Gasteiger partial charge in [0.05, 0.1) is 38.2 Å². The monoisotopic (exact) mass is 326 g/mol. The molecule has 130 valence electrons. The number of rotatable bonds is 4. The van der Waals surface area contributed by atoms with Gasteiger partial charge in [-0.25, -0.2) is 4.39 Å². The molecule has 0 aromatic heterocycles. The van der Waals surface area contributed by atoms with Gasteiger partial charge < -0.3 is 18.9 Å². The smallest absolute Gasteiger partial charge is 0.164 e. The summed E-state index contributed by atoms with van der Waals surface area (Å²) >= 11 is 0. The lowest BCUT2D eigenvalue weighted by Gasteiger charge is -2.39. The first-order valence-electron chi connectivity index (χ1n) is 8.74.